The quantitative estimate of drug-likeness (QED) is 0.0230. The number of amides is 1. The summed E-state index contributed by atoms with van der Waals surface area (Å²) in [6.45, 7) is -9.02. The number of carbonyl (C=O) groups excluding carboxylic acids is 1. The smallest absolute Gasteiger partial charge is 0.217 e. The molecule has 0 saturated carbocycles. The monoisotopic (exact) mass is 1540 g/mol. The van der Waals surface area contributed by atoms with Gasteiger partial charge in [0.25, 0.3) is 0 Å². The van der Waals surface area contributed by atoms with E-state index in [1.807, 2.05) is 6.92 Å². The maximum atomic E-state index is 13.1. The van der Waals surface area contributed by atoms with E-state index in [0.717, 1.165) is 12.8 Å². The van der Waals surface area contributed by atoms with Crippen LogP contribution in [0.5, 0.6) is 0 Å². The predicted molar refractivity (Wildman–Crippen MR) is 352 cm³/mol. The summed E-state index contributed by atoms with van der Waals surface area (Å²) in [5, 5.41) is 82.9. The molecule has 3 heterocycles. The number of aliphatic hydroxyl groups excluding tert-OH is 8. The highest BCUT2D eigenvalue weighted by atomic mass is 32.7. The summed E-state index contributed by atoms with van der Waals surface area (Å²) in [5.74, 6) is -1.62. The number of rotatable bonds is 57. The van der Waals surface area contributed by atoms with Crippen molar-refractivity contribution in [1.29, 1.82) is 0 Å². The largest absolute Gasteiger partial charge is 0.780 e. The maximum Gasteiger partial charge on any atom is 0.217 e. The molecule has 0 bridgehead atoms. The molecule has 9 N–H and O–H groups in total. The van der Waals surface area contributed by atoms with Crippen LogP contribution in [0.25, 0.3) is 0 Å². The van der Waals surface area contributed by atoms with Crippen molar-refractivity contribution in [3.8, 4) is 0 Å². The molecule has 3 fully saturated rings. The number of nitrogens with one attached hydrogen (secondary N) is 1. The fourth-order valence-electron chi connectivity index (χ4n) is 9.86. The van der Waals surface area contributed by atoms with E-state index in [1.54, 1.807) is 13.8 Å². The Kier molecular flexibility index (Phi) is 47.0. The molecule has 0 radical (unpaired) electrons. The number of hydrogen-bond acceptors (Lipinski definition) is 35. The van der Waals surface area contributed by atoms with Crippen molar-refractivity contribution in [3.05, 3.63) is 0 Å². The number of unbranched alkanes of at least 4 members (excludes halogenated alkanes) is 6. The van der Waals surface area contributed by atoms with Crippen molar-refractivity contribution < 1.29 is 148 Å². The third-order valence-electron chi connectivity index (χ3n) is 15.6. The molecular formula is C56H107NO31P4S4-4. The minimum atomic E-state index is -3.95. The number of hydrogen-bond donors (Lipinski definition) is 9. The Labute approximate surface area is 585 Å². The van der Waals surface area contributed by atoms with Crippen LogP contribution in [0.15, 0.2) is 0 Å². The van der Waals surface area contributed by atoms with Crippen molar-refractivity contribution in [1.82, 2.24) is 5.32 Å². The van der Waals surface area contributed by atoms with Gasteiger partial charge in [0.15, 0.2) is 25.7 Å². The van der Waals surface area contributed by atoms with Crippen LogP contribution in [-0.2, 0) is 141 Å². The van der Waals surface area contributed by atoms with Gasteiger partial charge < -0.3 is 157 Å². The molecular weight excluding hydrogens is 1430 g/mol. The van der Waals surface area contributed by atoms with Gasteiger partial charge in [-0.05, 0) is 70.6 Å². The first-order valence-electron chi connectivity index (χ1n) is 32.5. The average Bonchev–Trinajstić information content (AvgIpc) is 0.840. The van der Waals surface area contributed by atoms with E-state index in [2.05, 4.69) is 5.32 Å². The Morgan fingerprint density at radius 3 is 1.20 bits per heavy atom. The molecule has 0 aromatic rings. The zero-order valence-corrected chi connectivity index (χ0v) is 62.4. The lowest BCUT2D eigenvalue weighted by molar-refractivity contribution is -0.282. The zero-order valence-electron chi connectivity index (χ0n) is 55.6. The molecule has 0 aromatic carbocycles. The fraction of sp³-hybridized carbons (Fsp3) is 0.982. The van der Waals surface area contributed by atoms with Gasteiger partial charge in [0, 0.05) is 78.0 Å². The van der Waals surface area contributed by atoms with E-state index in [0.29, 0.717) is 58.0 Å². The van der Waals surface area contributed by atoms with E-state index < -0.39 is 131 Å². The van der Waals surface area contributed by atoms with Crippen molar-refractivity contribution in [2.24, 2.45) is 23.2 Å². The standard InChI is InChI=1S/C56H111NO31P4S4/c1-40-44(33-58)86-53(41(2)48(40)62)76-23-10-13-27-80-90(68,94)83-30-16-20-73-37-56(36-72-19-8-6-7-9-26-79-89(67,93)71-5,38-74-21-17-31-84-91(69,95)81-28-14-11-24-77-54-42(3)49(63)50(64)45(34-59)87-54)39-75-22-18-32-85-92(70,96)82-29-15-12-25-78-55-47(57-43(4)61)52(66)51(65)46(35-60)88-55/h40-42,44-55,58-60,62-66H,6-39H2,1-5H3,(H,57,61)(H,67,93)(H,68,94)(H,69,95)(H,70,96)/p-4/t40-,41-,42?,44?,45?,46?,47?,48?,49+,50-,51-,52+,53+,54+,55+,56?,89?,90?,91?,92?/m0/s1. The molecule has 96 heavy (non-hydrogen) atoms. The molecule has 0 aromatic heterocycles. The Morgan fingerprint density at radius 2 is 0.771 bits per heavy atom. The van der Waals surface area contributed by atoms with Gasteiger partial charge in [-0.15, -0.1) is 0 Å². The summed E-state index contributed by atoms with van der Waals surface area (Å²) >= 11 is 20.2. The molecule has 40 heteroatoms. The van der Waals surface area contributed by atoms with E-state index >= 15 is 0 Å². The van der Waals surface area contributed by atoms with Crippen LogP contribution in [0.4, 0.5) is 0 Å². The summed E-state index contributed by atoms with van der Waals surface area (Å²) in [7, 11) is 1.22. The second-order valence-electron chi connectivity index (χ2n) is 23.7. The minimum absolute atomic E-state index is 0.00527. The second kappa shape index (κ2) is 49.6. The van der Waals surface area contributed by atoms with Gasteiger partial charge in [-0.3, -0.25) is 9.36 Å². The highest BCUT2D eigenvalue weighted by molar-refractivity contribution is 8.32. The molecule has 20 atom stereocenters. The summed E-state index contributed by atoms with van der Waals surface area (Å²) in [5.41, 5.74) is -0.972. The normalized spacial score (nSPS) is 29.7. The van der Waals surface area contributed by atoms with Gasteiger partial charge in [-0.1, -0.05) is 69.0 Å². The average molecular weight is 1540 g/mol. The fourth-order valence-corrected chi connectivity index (χ4v) is 14.2. The van der Waals surface area contributed by atoms with Gasteiger partial charge in [0.1, 0.15) is 56.7 Å². The summed E-state index contributed by atoms with van der Waals surface area (Å²) in [4.78, 5) is 49.8. The Morgan fingerprint density at radius 1 is 0.448 bits per heavy atom. The molecule has 0 spiro atoms. The van der Waals surface area contributed by atoms with Gasteiger partial charge in [-0.2, -0.15) is 0 Å². The molecule has 570 valence electrons. The van der Waals surface area contributed by atoms with Crippen molar-refractivity contribution >= 4 is 80.5 Å². The third kappa shape index (κ3) is 36.7. The van der Waals surface area contributed by atoms with Gasteiger partial charge >= 0.3 is 0 Å². The number of carbonyl (C=O) groups is 1. The van der Waals surface area contributed by atoms with Crippen molar-refractivity contribution in [2.45, 2.75) is 185 Å². The van der Waals surface area contributed by atoms with E-state index in [4.69, 9.17) is 131 Å². The summed E-state index contributed by atoms with van der Waals surface area (Å²) in [6, 6.07) is -1.11. The SMILES string of the molecule is COP([O-])(=S)OCCCCCCOCC(COCCCOP(=O)([S-])OCCCCO[C@@H]1OC(CO)[C@H](O)[C@H](O)C1C)(COCCCOP([O-])(=S)OCCCCO[C@@H]1OC(CO)[C@H](O)[C@H](O)C1NC(C)=O)COCCCOP([O-])(=S)OCCCCO[C@@H]1OC(CO)[C@H](C)C(O)[C@@H]1C. The first-order chi connectivity index (χ1) is 45.6. The van der Waals surface area contributed by atoms with E-state index in [1.165, 1.54) is 14.0 Å². The van der Waals surface area contributed by atoms with E-state index in [9.17, 15) is 64.9 Å². The van der Waals surface area contributed by atoms with Crippen LogP contribution >= 0.6 is 27.0 Å². The van der Waals surface area contributed by atoms with Crippen molar-refractivity contribution in [3.63, 3.8) is 0 Å². The maximum absolute atomic E-state index is 13.1. The zero-order chi connectivity index (χ0) is 71.2. The topological polar surface area (TPSA) is 443 Å². The van der Waals surface area contributed by atoms with Crippen molar-refractivity contribution in [2.75, 3.05) is 146 Å². The van der Waals surface area contributed by atoms with Crippen LogP contribution in [0.1, 0.15) is 111 Å². The summed E-state index contributed by atoms with van der Waals surface area (Å²) < 4.78 is 115. The van der Waals surface area contributed by atoms with Gasteiger partial charge in [0.05, 0.1) is 116 Å². The number of aliphatic hydroxyl groups is 8. The highest BCUT2D eigenvalue weighted by Gasteiger charge is 2.46. The van der Waals surface area contributed by atoms with Crippen LogP contribution in [0.3, 0.4) is 0 Å². The number of ether oxygens (including phenoxy) is 10. The lowest BCUT2D eigenvalue weighted by atomic mass is 9.86. The van der Waals surface area contributed by atoms with Gasteiger partial charge in [0.2, 0.25) is 5.91 Å². The molecule has 3 aliphatic heterocycles. The van der Waals surface area contributed by atoms with Gasteiger partial charge in [-0.25, -0.2) is 0 Å². The Hall–Kier alpha value is 0.840. The van der Waals surface area contributed by atoms with Crippen LogP contribution < -0.4 is 20.0 Å². The molecule has 3 saturated heterocycles. The molecule has 0 aliphatic carbocycles. The molecule has 1 amide bonds. The summed E-state index contributed by atoms with van der Waals surface area (Å²) in [6.07, 6.45) is -5.64. The Bertz CT molecular complexity index is 2190. The lowest BCUT2D eigenvalue weighted by Gasteiger charge is -2.42. The lowest BCUT2D eigenvalue weighted by Crippen LogP contribution is -2.64. The minimum Gasteiger partial charge on any atom is -0.780 e. The van der Waals surface area contributed by atoms with E-state index in [-0.39, 0.29) is 150 Å². The first kappa shape index (κ1) is 91.1. The Balaban J connectivity index is 1.56. The predicted octanol–water partition coefficient (Wildman–Crippen LogP) is 0.701. The molecule has 32 nitrogen and oxygen atoms in total. The molecule has 3 rings (SSSR count). The molecule has 11 unspecified atom stereocenters. The highest BCUT2D eigenvalue weighted by Crippen LogP contribution is 2.46. The van der Waals surface area contributed by atoms with Crippen LogP contribution in [-0.4, -0.2) is 266 Å². The van der Waals surface area contributed by atoms with Crippen LogP contribution in [0, 0.1) is 23.2 Å². The third-order valence-corrected chi connectivity index (χ3v) is 22.2. The molecule has 3 aliphatic rings. The van der Waals surface area contributed by atoms with Crippen LogP contribution in [0.2, 0.25) is 0 Å². The first-order valence-corrected chi connectivity index (χ1v) is 42.7. The second-order valence-corrected chi connectivity index (χ2v) is 34.8.